The van der Waals surface area contributed by atoms with E-state index in [0.717, 1.165) is 29.9 Å². The molecule has 0 aliphatic heterocycles. The normalized spacial score (nSPS) is 11.8. The van der Waals surface area contributed by atoms with Crippen molar-refractivity contribution in [3.05, 3.63) is 15.9 Å². The quantitative estimate of drug-likeness (QED) is 0.808. The molecule has 0 aliphatic carbocycles. The first kappa shape index (κ1) is 14.7. The maximum absolute atomic E-state index is 5.15. The molecule has 0 amide bonds. The van der Waals surface area contributed by atoms with Gasteiger partial charge in [-0.3, -0.25) is 9.58 Å². The summed E-state index contributed by atoms with van der Waals surface area (Å²) in [6.45, 7) is 9.00. The molecule has 17 heavy (non-hydrogen) atoms. The highest BCUT2D eigenvalue weighted by Gasteiger charge is 2.16. The van der Waals surface area contributed by atoms with E-state index in [1.807, 2.05) is 18.7 Å². The molecule has 0 N–H and O–H groups in total. The molecule has 0 saturated carbocycles. The van der Waals surface area contributed by atoms with Gasteiger partial charge in [-0.15, -0.1) is 0 Å². The van der Waals surface area contributed by atoms with Gasteiger partial charge >= 0.3 is 0 Å². The molecular formula is C12H22BrN3O. The van der Waals surface area contributed by atoms with E-state index >= 15 is 0 Å². The Balaban J connectivity index is 2.78. The Hall–Kier alpha value is -0.390. The van der Waals surface area contributed by atoms with Crippen molar-refractivity contribution in [1.29, 1.82) is 0 Å². The van der Waals surface area contributed by atoms with Crippen LogP contribution in [-0.4, -0.2) is 41.0 Å². The number of nitrogens with zero attached hydrogens (tertiary/aromatic N) is 3. The van der Waals surface area contributed by atoms with Crippen molar-refractivity contribution in [3.8, 4) is 0 Å². The fraction of sp³-hybridized carbons (Fsp3) is 0.750. The fourth-order valence-electron chi connectivity index (χ4n) is 1.77. The largest absolute Gasteiger partial charge is 0.383 e. The van der Waals surface area contributed by atoms with Crippen LogP contribution in [0.25, 0.3) is 0 Å². The highest BCUT2D eigenvalue weighted by molar-refractivity contribution is 9.10. The Morgan fingerprint density at radius 3 is 2.53 bits per heavy atom. The van der Waals surface area contributed by atoms with Gasteiger partial charge in [0.05, 0.1) is 22.5 Å². The molecule has 0 saturated heterocycles. The number of hydrogen-bond donors (Lipinski definition) is 0. The Labute approximate surface area is 112 Å². The lowest BCUT2D eigenvalue weighted by Crippen LogP contribution is -2.34. The van der Waals surface area contributed by atoms with Crippen LogP contribution in [-0.2, 0) is 18.3 Å². The lowest BCUT2D eigenvalue weighted by molar-refractivity contribution is 0.123. The maximum atomic E-state index is 5.15. The van der Waals surface area contributed by atoms with Crippen molar-refractivity contribution in [2.24, 2.45) is 7.05 Å². The van der Waals surface area contributed by atoms with E-state index in [4.69, 9.17) is 4.74 Å². The Morgan fingerprint density at radius 1 is 1.47 bits per heavy atom. The Bertz CT molecular complexity index is 363. The monoisotopic (exact) mass is 303 g/mol. The van der Waals surface area contributed by atoms with Gasteiger partial charge in [-0.2, -0.15) is 5.10 Å². The fourth-order valence-corrected chi connectivity index (χ4v) is 2.23. The predicted molar refractivity (Wildman–Crippen MR) is 73.1 cm³/mol. The molecular weight excluding hydrogens is 282 g/mol. The van der Waals surface area contributed by atoms with Crippen LogP contribution in [0.1, 0.15) is 25.2 Å². The summed E-state index contributed by atoms with van der Waals surface area (Å²) in [5, 5.41) is 4.42. The second-order valence-corrected chi connectivity index (χ2v) is 5.32. The van der Waals surface area contributed by atoms with Crippen LogP contribution in [0.5, 0.6) is 0 Å². The lowest BCUT2D eigenvalue weighted by Gasteiger charge is -2.26. The van der Waals surface area contributed by atoms with E-state index in [1.54, 1.807) is 7.11 Å². The number of methoxy groups -OCH3 is 1. The highest BCUT2D eigenvalue weighted by atomic mass is 79.9. The second kappa shape index (κ2) is 6.52. The molecule has 1 aromatic rings. The zero-order valence-electron chi connectivity index (χ0n) is 11.3. The van der Waals surface area contributed by atoms with Gasteiger partial charge in [-0.25, -0.2) is 0 Å². The van der Waals surface area contributed by atoms with Crippen LogP contribution < -0.4 is 0 Å². The van der Waals surface area contributed by atoms with E-state index in [1.165, 1.54) is 5.69 Å². The van der Waals surface area contributed by atoms with Crippen molar-refractivity contribution in [2.75, 3.05) is 20.3 Å². The maximum Gasteiger partial charge on any atom is 0.0739 e. The lowest BCUT2D eigenvalue weighted by atomic mass is 10.2. The summed E-state index contributed by atoms with van der Waals surface area (Å²) >= 11 is 3.61. The molecule has 0 aromatic carbocycles. The Morgan fingerprint density at radius 2 is 2.12 bits per heavy atom. The zero-order chi connectivity index (χ0) is 13.0. The number of aromatic nitrogens is 2. The number of rotatable bonds is 6. The summed E-state index contributed by atoms with van der Waals surface area (Å²) < 4.78 is 8.21. The average molecular weight is 304 g/mol. The molecule has 1 heterocycles. The van der Waals surface area contributed by atoms with E-state index in [2.05, 4.69) is 39.8 Å². The van der Waals surface area contributed by atoms with Gasteiger partial charge in [0.15, 0.2) is 0 Å². The second-order valence-electron chi connectivity index (χ2n) is 4.53. The topological polar surface area (TPSA) is 30.3 Å². The van der Waals surface area contributed by atoms with Crippen LogP contribution in [0.2, 0.25) is 0 Å². The number of halogens is 1. The molecule has 1 rings (SSSR count). The Kier molecular flexibility index (Phi) is 5.62. The van der Waals surface area contributed by atoms with Crippen molar-refractivity contribution >= 4 is 15.9 Å². The van der Waals surface area contributed by atoms with Crippen LogP contribution in [0.4, 0.5) is 0 Å². The van der Waals surface area contributed by atoms with Gasteiger partial charge in [-0.1, -0.05) is 0 Å². The van der Waals surface area contributed by atoms with Gasteiger partial charge in [0.1, 0.15) is 0 Å². The summed E-state index contributed by atoms with van der Waals surface area (Å²) in [7, 11) is 3.73. The number of aryl methyl sites for hydroxylation is 2. The first-order valence-electron chi connectivity index (χ1n) is 5.88. The van der Waals surface area contributed by atoms with Crippen LogP contribution in [0, 0.1) is 6.92 Å². The predicted octanol–water partition coefficient (Wildman–Crippen LogP) is 2.35. The minimum atomic E-state index is 0.493. The summed E-state index contributed by atoms with van der Waals surface area (Å²) in [6, 6.07) is 0.493. The van der Waals surface area contributed by atoms with E-state index in [9.17, 15) is 0 Å². The molecule has 5 heteroatoms. The summed E-state index contributed by atoms with van der Waals surface area (Å²) in [6.07, 6.45) is 0. The van der Waals surface area contributed by atoms with Gasteiger partial charge in [0, 0.05) is 33.3 Å². The summed E-state index contributed by atoms with van der Waals surface area (Å²) in [5.41, 5.74) is 2.25. The number of hydrogen-bond acceptors (Lipinski definition) is 3. The standard InChI is InChI=1S/C12H22BrN3O/c1-9(2)16(6-7-17-5)8-11-12(13)10(3)14-15(11)4/h9H,6-8H2,1-5H3. The van der Waals surface area contributed by atoms with E-state index < -0.39 is 0 Å². The number of ether oxygens (including phenoxy) is 1. The minimum Gasteiger partial charge on any atom is -0.383 e. The molecule has 1 aromatic heterocycles. The van der Waals surface area contributed by atoms with Crippen molar-refractivity contribution in [2.45, 2.75) is 33.4 Å². The summed E-state index contributed by atoms with van der Waals surface area (Å²) in [5.74, 6) is 0. The molecule has 0 fully saturated rings. The molecule has 0 unspecified atom stereocenters. The van der Waals surface area contributed by atoms with Crippen LogP contribution in [0.3, 0.4) is 0 Å². The minimum absolute atomic E-state index is 0.493. The smallest absolute Gasteiger partial charge is 0.0739 e. The van der Waals surface area contributed by atoms with Gasteiger partial charge in [0.2, 0.25) is 0 Å². The third-order valence-corrected chi connectivity index (χ3v) is 3.96. The molecule has 0 radical (unpaired) electrons. The first-order valence-corrected chi connectivity index (χ1v) is 6.67. The van der Waals surface area contributed by atoms with Gasteiger partial charge < -0.3 is 4.74 Å². The van der Waals surface area contributed by atoms with E-state index in [-0.39, 0.29) is 0 Å². The average Bonchev–Trinajstić information content (AvgIpc) is 2.49. The molecule has 4 nitrogen and oxygen atoms in total. The molecule has 98 valence electrons. The third-order valence-electron chi connectivity index (χ3n) is 2.93. The molecule has 0 spiro atoms. The highest BCUT2D eigenvalue weighted by Crippen LogP contribution is 2.22. The molecule has 0 aliphatic rings. The third kappa shape index (κ3) is 3.79. The first-order chi connectivity index (χ1) is 7.97. The van der Waals surface area contributed by atoms with Crippen molar-refractivity contribution < 1.29 is 4.74 Å². The van der Waals surface area contributed by atoms with Crippen molar-refractivity contribution in [3.63, 3.8) is 0 Å². The van der Waals surface area contributed by atoms with Crippen LogP contribution >= 0.6 is 15.9 Å². The van der Waals surface area contributed by atoms with Crippen molar-refractivity contribution in [1.82, 2.24) is 14.7 Å². The molecule has 0 bridgehead atoms. The zero-order valence-corrected chi connectivity index (χ0v) is 12.9. The molecule has 0 atom stereocenters. The van der Waals surface area contributed by atoms with Gasteiger partial charge in [-0.05, 0) is 36.7 Å². The SMILES string of the molecule is COCCN(Cc1c(Br)c(C)nn1C)C(C)C. The summed E-state index contributed by atoms with van der Waals surface area (Å²) in [4.78, 5) is 2.38. The van der Waals surface area contributed by atoms with E-state index in [0.29, 0.717) is 6.04 Å². The van der Waals surface area contributed by atoms with Gasteiger partial charge in [0.25, 0.3) is 0 Å². The van der Waals surface area contributed by atoms with Crippen LogP contribution in [0.15, 0.2) is 4.47 Å².